The van der Waals surface area contributed by atoms with Crippen LogP contribution in [0.1, 0.15) is 38.8 Å². The molecule has 0 unspecified atom stereocenters. The zero-order chi connectivity index (χ0) is 25.8. The molecule has 0 N–H and O–H groups in total. The number of hydrogen-bond donors (Lipinski definition) is 0. The van der Waals surface area contributed by atoms with Crippen molar-refractivity contribution < 1.29 is 14.3 Å². The van der Waals surface area contributed by atoms with E-state index >= 15 is 0 Å². The number of methoxy groups -OCH3 is 1. The molecule has 0 radical (unpaired) electrons. The van der Waals surface area contributed by atoms with Gasteiger partial charge in [0.2, 0.25) is 5.91 Å². The Balaban J connectivity index is 1.45. The van der Waals surface area contributed by atoms with Crippen LogP contribution in [-0.2, 0) is 16.0 Å². The lowest BCUT2D eigenvalue weighted by Gasteiger charge is -2.37. The minimum absolute atomic E-state index is 0.00925. The molecule has 3 aromatic carbocycles. The van der Waals surface area contributed by atoms with Gasteiger partial charge in [0.1, 0.15) is 6.54 Å². The summed E-state index contributed by atoms with van der Waals surface area (Å²) in [5.41, 5.74) is 2.78. The highest BCUT2D eigenvalue weighted by Crippen LogP contribution is 2.38. The van der Waals surface area contributed by atoms with Crippen molar-refractivity contribution in [3.63, 3.8) is 0 Å². The molecule has 7 heteroatoms. The molecule has 0 aliphatic carbocycles. The predicted octanol–water partition coefficient (Wildman–Crippen LogP) is 6.21. The molecule has 1 atom stereocenters. The fraction of sp³-hybridized carbons (Fsp3) is 0.267. The molecule has 0 bridgehead atoms. The number of amides is 2. The number of thiophene rings is 1. The molecular weight excluding hydrogens is 504 g/mol. The third-order valence-corrected chi connectivity index (χ3v) is 8.13. The number of hydrogen-bond acceptors (Lipinski definition) is 4. The van der Waals surface area contributed by atoms with Crippen molar-refractivity contribution in [1.29, 1.82) is 0 Å². The number of rotatable bonds is 8. The number of nitrogens with zero attached hydrogens (tertiary/aromatic N) is 2. The van der Waals surface area contributed by atoms with Gasteiger partial charge in [-0.15, -0.1) is 11.3 Å². The van der Waals surface area contributed by atoms with Crippen molar-refractivity contribution >= 4 is 45.5 Å². The molecule has 0 saturated heterocycles. The minimum atomic E-state index is -0.201. The predicted molar refractivity (Wildman–Crippen MR) is 149 cm³/mol. The first-order chi connectivity index (χ1) is 18.1. The van der Waals surface area contributed by atoms with Gasteiger partial charge in [-0.1, -0.05) is 60.1 Å². The lowest BCUT2D eigenvalue weighted by Crippen LogP contribution is -2.47. The number of benzene rings is 3. The Labute approximate surface area is 226 Å². The largest absolute Gasteiger partial charge is 0.385 e. The standard InChI is InChI=1S/C30H29ClN2O3S/c1-36-18-5-16-32(30(35)25-9-4-7-21-6-2-3-8-24(21)25)20-28(34)33-17-14-27-26(15-19-37-27)29(33)22-10-12-23(31)13-11-22/h2-4,6-13,15,19,29H,5,14,16-18,20H2,1H3/t29-/m1/s1. The molecule has 190 valence electrons. The van der Waals surface area contributed by atoms with Gasteiger partial charge in [0, 0.05) is 42.3 Å². The molecule has 1 aromatic heterocycles. The van der Waals surface area contributed by atoms with Crippen LogP contribution in [0.4, 0.5) is 0 Å². The lowest BCUT2D eigenvalue weighted by molar-refractivity contribution is -0.134. The van der Waals surface area contributed by atoms with Crippen LogP contribution < -0.4 is 0 Å². The molecule has 37 heavy (non-hydrogen) atoms. The average molecular weight is 533 g/mol. The van der Waals surface area contributed by atoms with E-state index in [9.17, 15) is 9.59 Å². The summed E-state index contributed by atoms with van der Waals surface area (Å²) >= 11 is 7.89. The van der Waals surface area contributed by atoms with E-state index in [4.69, 9.17) is 16.3 Å². The van der Waals surface area contributed by atoms with E-state index in [0.717, 1.165) is 28.3 Å². The Bertz CT molecular complexity index is 1400. The summed E-state index contributed by atoms with van der Waals surface area (Å²) in [6.07, 6.45) is 1.46. The molecule has 1 aliphatic rings. The fourth-order valence-electron chi connectivity index (χ4n) is 5.08. The number of halogens is 1. The van der Waals surface area contributed by atoms with Gasteiger partial charge >= 0.3 is 0 Å². The maximum Gasteiger partial charge on any atom is 0.254 e. The Morgan fingerprint density at radius 1 is 1.05 bits per heavy atom. The van der Waals surface area contributed by atoms with Crippen LogP contribution in [0.5, 0.6) is 0 Å². The van der Waals surface area contributed by atoms with Gasteiger partial charge in [0.25, 0.3) is 5.91 Å². The summed E-state index contributed by atoms with van der Waals surface area (Å²) in [5, 5.41) is 4.63. The second-order valence-corrected chi connectivity index (χ2v) is 10.6. The van der Waals surface area contributed by atoms with Crippen molar-refractivity contribution in [3.05, 3.63) is 105 Å². The minimum Gasteiger partial charge on any atom is -0.385 e. The van der Waals surface area contributed by atoms with Crippen molar-refractivity contribution in [2.75, 3.05) is 33.4 Å². The fourth-order valence-corrected chi connectivity index (χ4v) is 6.11. The van der Waals surface area contributed by atoms with Gasteiger partial charge in [-0.2, -0.15) is 0 Å². The van der Waals surface area contributed by atoms with Crippen molar-refractivity contribution in [3.8, 4) is 0 Å². The molecule has 4 aromatic rings. The molecule has 2 heterocycles. The highest BCUT2D eigenvalue weighted by molar-refractivity contribution is 7.10. The Kier molecular flexibility index (Phi) is 7.89. The van der Waals surface area contributed by atoms with E-state index in [1.165, 1.54) is 4.88 Å². The Morgan fingerprint density at radius 2 is 1.84 bits per heavy atom. The van der Waals surface area contributed by atoms with Gasteiger partial charge in [0.05, 0.1) is 6.04 Å². The number of ether oxygens (including phenoxy) is 1. The van der Waals surface area contributed by atoms with Crippen LogP contribution in [-0.4, -0.2) is 55.0 Å². The van der Waals surface area contributed by atoms with E-state index < -0.39 is 0 Å². The monoisotopic (exact) mass is 532 g/mol. The van der Waals surface area contributed by atoms with Crippen LogP contribution >= 0.6 is 22.9 Å². The molecule has 0 saturated carbocycles. The normalized spacial score (nSPS) is 15.0. The van der Waals surface area contributed by atoms with Crippen molar-refractivity contribution in [2.24, 2.45) is 0 Å². The summed E-state index contributed by atoms with van der Waals surface area (Å²) in [6.45, 7) is 1.57. The van der Waals surface area contributed by atoms with Gasteiger partial charge in [0.15, 0.2) is 0 Å². The van der Waals surface area contributed by atoms with Gasteiger partial charge in [-0.3, -0.25) is 9.59 Å². The molecule has 0 fully saturated rings. The zero-order valence-corrected chi connectivity index (χ0v) is 22.3. The van der Waals surface area contributed by atoms with Crippen molar-refractivity contribution in [2.45, 2.75) is 18.9 Å². The first kappa shape index (κ1) is 25.5. The molecule has 0 spiro atoms. The molecular formula is C30H29ClN2O3S. The Morgan fingerprint density at radius 3 is 2.65 bits per heavy atom. The van der Waals surface area contributed by atoms with Crippen LogP contribution in [0.25, 0.3) is 10.8 Å². The third-order valence-electron chi connectivity index (χ3n) is 6.88. The van der Waals surface area contributed by atoms with Gasteiger partial charge in [-0.05, 0) is 64.4 Å². The topological polar surface area (TPSA) is 49.9 Å². The molecule has 5 nitrogen and oxygen atoms in total. The van der Waals surface area contributed by atoms with Gasteiger partial charge < -0.3 is 14.5 Å². The molecule has 2 amide bonds. The molecule has 1 aliphatic heterocycles. The van der Waals surface area contributed by atoms with Crippen LogP contribution in [0.2, 0.25) is 5.02 Å². The first-order valence-corrected chi connectivity index (χ1v) is 13.7. The summed E-state index contributed by atoms with van der Waals surface area (Å²) in [5.74, 6) is -0.208. The van der Waals surface area contributed by atoms with Crippen molar-refractivity contribution in [1.82, 2.24) is 9.80 Å². The first-order valence-electron chi connectivity index (χ1n) is 12.4. The van der Waals surface area contributed by atoms with Crippen LogP contribution in [0.3, 0.4) is 0 Å². The third kappa shape index (κ3) is 5.42. The lowest BCUT2D eigenvalue weighted by atomic mass is 9.93. The number of carbonyl (C=O) groups excluding carboxylic acids is 2. The SMILES string of the molecule is COCCCN(CC(=O)N1CCc2sccc2[C@H]1c1ccc(Cl)cc1)C(=O)c1cccc2ccccc12. The van der Waals surface area contributed by atoms with E-state index in [-0.39, 0.29) is 24.4 Å². The highest BCUT2D eigenvalue weighted by Gasteiger charge is 2.34. The van der Waals surface area contributed by atoms with E-state index in [0.29, 0.717) is 36.7 Å². The van der Waals surface area contributed by atoms with E-state index in [1.54, 1.807) is 23.3 Å². The zero-order valence-electron chi connectivity index (χ0n) is 20.7. The maximum absolute atomic E-state index is 13.9. The summed E-state index contributed by atoms with van der Waals surface area (Å²) in [7, 11) is 1.64. The highest BCUT2D eigenvalue weighted by atomic mass is 35.5. The number of carbonyl (C=O) groups is 2. The van der Waals surface area contributed by atoms with E-state index in [2.05, 4.69) is 11.4 Å². The smallest absolute Gasteiger partial charge is 0.254 e. The van der Waals surface area contributed by atoms with Crippen LogP contribution in [0.15, 0.2) is 78.2 Å². The summed E-state index contributed by atoms with van der Waals surface area (Å²) in [6, 6.07) is 23.2. The quantitative estimate of drug-likeness (QED) is 0.254. The summed E-state index contributed by atoms with van der Waals surface area (Å²) in [4.78, 5) is 32.6. The maximum atomic E-state index is 13.9. The number of fused-ring (bicyclic) bond motifs is 2. The molecule has 5 rings (SSSR count). The Hall–Kier alpha value is -3.19. The van der Waals surface area contributed by atoms with Crippen LogP contribution in [0, 0.1) is 0 Å². The van der Waals surface area contributed by atoms with E-state index in [1.807, 2.05) is 71.6 Å². The second-order valence-electron chi connectivity index (χ2n) is 9.19. The summed E-state index contributed by atoms with van der Waals surface area (Å²) < 4.78 is 5.24. The second kappa shape index (κ2) is 11.5. The average Bonchev–Trinajstić information content (AvgIpc) is 3.41. The van der Waals surface area contributed by atoms with Gasteiger partial charge in [-0.25, -0.2) is 0 Å².